The third-order valence-electron chi connectivity index (χ3n) is 4.58. The zero-order valence-electron chi connectivity index (χ0n) is 14.0. The van der Waals surface area contributed by atoms with Crippen LogP contribution in [0.3, 0.4) is 0 Å². The molecule has 0 saturated heterocycles. The highest BCUT2D eigenvalue weighted by Gasteiger charge is 2.22. The Kier molecular flexibility index (Phi) is 4.28. The normalized spacial score (nSPS) is 15.4. The van der Waals surface area contributed by atoms with Gasteiger partial charge in [-0.15, -0.1) is 11.8 Å². The molecule has 2 aromatic carbocycles. The van der Waals surface area contributed by atoms with Crippen molar-refractivity contribution in [3.8, 4) is 11.3 Å². The molecule has 1 N–H and O–H groups in total. The average Bonchev–Trinajstić information content (AvgIpc) is 3.18. The Morgan fingerprint density at radius 1 is 1.12 bits per heavy atom. The lowest BCUT2D eigenvalue weighted by Crippen LogP contribution is -2.14. The number of rotatable bonds is 3. The Labute approximate surface area is 151 Å². The van der Waals surface area contributed by atoms with Crippen LogP contribution in [0.2, 0.25) is 0 Å². The van der Waals surface area contributed by atoms with E-state index in [4.69, 9.17) is 0 Å². The predicted octanol–water partition coefficient (Wildman–Crippen LogP) is 5.01. The van der Waals surface area contributed by atoms with Crippen LogP contribution < -0.4 is 0 Å². The van der Waals surface area contributed by atoms with Crippen LogP contribution in [0.1, 0.15) is 27.9 Å². The SMILES string of the molecule is CSc1ccc2c(c1)CC/C(=C\c1ccccc1-c1c[nH]cn1)C2=O. The van der Waals surface area contributed by atoms with Gasteiger partial charge in [-0.05, 0) is 54.5 Å². The van der Waals surface area contributed by atoms with E-state index in [1.165, 1.54) is 4.90 Å². The highest BCUT2D eigenvalue weighted by molar-refractivity contribution is 7.98. The molecule has 1 aliphatic rings. The fourth-order valence-electron chi connectivity index (χ4n) is 3.27. The number of carbonyl (C=O) groups excluding carboxylic acids is 1. The molecule has 0 unspecified atom stereocenters. The van der Waals surface area contributed by atoms with Gasteiger partial charge in [0.15, 0.2) is 5.78 Å². The second-order valence-electron chi connectivity index (χ2n) is 6.06. The molecule has 4 heteroatoms. The van der Waals surface area contributed by atoms with E-state index in [0.717, 1.165) is 46.4 Å². The zero-order chi connectivity index (χ0) is 17.2. The van der Waals surface area contributed by atoms with E-state index in [1.54, 1.807) is 18.1 Å². The average molecular weight is 346 g/mol. The lowest BCUT2D eigenvalue weighted by Gasteiger charge is -2.18. The quantitative estimate of drug-likeness (QED) is 0.535. The van der Waals surface area contributed by atoms with Crippen molar-refractivity contribution in [2.45, 2.75) is 17.7 Å². The molecule has 0 amide bonds. The first-order chi connectivity index (χ1) is 12.3. The van der Waals surface area contributed by atoms with Gasteiger partial charge in [-0.2, -0.15) is 0 Å². The molecule has 0 spiro atoms. The van der Waals surface area contributed by atoms with Crippen LogP contribution in [0.5, 0.6) is 0 Å². The number of Topliss-reactive ketones (excluding diaryl/α,β-unsaturated/α-hetero) is 1. The highest BCUT2D eigenvalue weighted by atomic mass is 32.2. The largest absolute Gasteiger partial charge is 0.351 e. The number of nitrogens with zero attached hydrogens (tertiary/aromatic N) is 1. The van der Waals surface area contributed by atoms with Gasteiger partial charge in [0.25, 0.3) is 0 Å². The number of allylic oxidation sites excluding steroid dienone is 1. The van der Waals surface area contributed by atoms with Crippen LogP contribution in [0.15, 0.2) is 65.5 Å². The van der Waals surface area contributed by atoms with Gasteiger partial charge in [0, 0.05) is 27.8 Å². The minimum Gasteiger partial charge on any atom is -0.351 e. The number of H-pyrrole nitrogens is 1. The second kappa shape index (κ2) is 6.73. The van der Waals surface area contributed by atoms with Crippen LogP contribution in [-0.2, 0) is 6.42 Å². The van der Waals surface area contributed by atoms with Gasteiger partial charge < -0.3 is 4.98 Å². The smallest absolute Gasteiger partial charge is 0.189 e. The Bertz CT molecular complexity index is 958. The number of aromatic nitrogens is 2. The number of hydrogen-bond acceptors (Lipinski definition) is 3. The monoisotopic (exact) mass is 346 g/mol. The van der Waals surface area contributed by atoms with Crippen molar-refractivity contribution in [1.82, 2.24) is 9.97 Å². The topological polar surface area (TPSA) is 45.8 Å². The molecule has 1 aliphatic carbocycles. The van der Waals surface area contributed by atoms with E-state index in [9.17, 15) is 4.79 Å². The summed E-state index contributed by atoms with van der Waals surface area (Å²) in [7, 11) is 0. The molecule has 3 aromatic rings. The fraction of sp³-hybridized carbons (Fsp3) is 0.143. The van der Waals surface area contributed by atoms with Crippen LogP contribution in [-0.4, -0.2) is 22.0 Å². The number of fused-ring (bicyclic) bond motifs is 1. The van der Waals surface area contributed by atoms with Crippen LogP contribution >= 0.6 is 11.8 Å². The number of nitrogens with one attached hydrogen (secondary N) is 1. The minimum absolute atomic E-state index is 0.144. The van der Waals surface area contributed by atoms with Crippen molar-refractivity contribution in [3.05, 3.63) is 77.3 Å². The first-order valence-electron chi connectivity index (χ1n) is 8.26. The fourth-order valence-corrected chi connectivity index (χ4v) is 3.73. The Morgan fingerprint density at radius 2 is 2.00 bits per heavy atom. The van der Waals surface area contributed by atoms with Gasteiger partial charge in [0.05, 0.1) is 12.0 Å². The number of aryl methyl sites for hydroxylation is 1. The highest BCUT2D eigenvalue weighted by Crippen LogP contribution is 2.31. The van der Waals surface area contributed by atoms with Gasteiger partial charge in [-0.3, -0.25) is 4.79 Å². The van der Waals surface area contributed by atoms with E-state index < -0.39 is 0 Å². The van der Waals surface area contributed by atoms with Crippen LogP contribution in [0.4, 0.5) is 0 Å². The van der Waals surface area contributed by atoms with E-state index >= 15 is 0 Å². The number of carbonyl (C=O) groups is 1. The molecule has 1 heterocycles. The van der Waals surface area contributed by atoms with Crippen LogP contribution in [0.25, 0.3) is 17.3 Å². The van der Waals surface area contributed by atoms with Crippen molar-refractivity contribution in [2.75, 3.05) is 6.26 Å². The van der Waals surface area contributed by atoms with Gasteiger partial charge >= 0.3 is 0 Å². The van der Waals surface area contributed by atoms with E-state index in [-0.39, 0.29) is 5.78 Å². The van der Waals surface area contributed by atoms with Gasteiger partial charge in [-0.25, -0.2) is 4.98 Å². The number of imidazole rings is 1. The molecule has 0 aliphatic heterocycles. The summed E-state index contributed by atoms with van der Waals surface area (Å²) in [6, 6.07) is 14.2. The van der Waals surface area contributed by atoms with Crippen molar-refractivity contribution in [2.24, 2.45) is 0 Å². The minimum atomic E-state index is 0.144. The molecule has 4 rings (SSSR count). The van der Waals surface area contributed by atoms with Gasteiger partial charge in [0.1, 0.15) is 0 Å². The molecular formula is C21H18N2OS. The summed E-state index contributed by atoms with van der Waals surface area (Å²) < 4.78 is 0. The van der Waals surface area contributed by atoms with Gasteiger partial charge in [-0.1, -0.05) is 24.3 Å². The van der Waals surface area contributed by atoms with E-state index in [0.29, 0.717) is 0 Å². The van der Waals surface area contributed by atoms with Gasteiger partial charge in [0.2, 0.25) is 0 Å². The first-order valence-corrected chi connectivity index (χ1v) is 9.49. The van der Waals surface area contributed by atoms with E-state index in [1.807, 2.05) is 48.7 Å². The predicted molar refractivity (Wildman–Crippen MR) is 103 cm³/mol. The number of ketones is 1. The molecule has 0 bridgehead atoms. The van der Waals surface area contributed by atoms with Crippen LogP contribution in [0, 0.1) is 0 Å². The third-order valence-corrected chi connectivity index (χ3v) is 5.30. The molecule has 25 heavy (non-hydrogen) atoms. The Balaban J connectivity index is 1.73. The molecule has 124 valence electrons. The summed E-state index contributed by atoms with van der Waals surface area (Å²) in [5, 5.41) is 0. The molecule has 3 nitrogen and oxygen atoms in total. The van der Waals surface area contributed by atoms with Crippen molar-refractivity contribution in [3.63, 3.8) is 0 Å². The summed E-state index contributed by atoms with van der Waals surface area (Å²) in [5.74, 6) is 0.144. The maximum Gasteiger partial charge on any atom is 0.189 e. The standard InChI is InChI=1S/C21H18N2OS/c1-25-17-8-9-19-15(11-17)6-7-16(21(19)24)10-14-4-2-3-5-18(14)20-12-22-13-23-20/h2-5,8-13H,6-7H2,1H3,(H,22,23)/b16-10+. The summed E-state index contributed by atoms with van der Waals surface area (Å²) in [6.45, 7) is 0. The third kappa shape index (κ3) is 3.05. The second-order valence-corrected chi connectivity index (χ2v) is 6.94. The maximum atomic E-state index is 12.9. The molecule has 0 saturated carbocycles. The summed E-state index contributed by atoms with van der Waals surface area (Å²) >= 11 is 1.71. The van der Waals surface area contributed by atoms with Crippen molar-refractivity contribution in [1.29, 1.82) is 0 Å². The number of benzene rings is 2. The molecular weight excluding hydrogens is 328 g/mol. The number of hydrogen-bond donors (Lipinski definition) is 1. The molecule has 0 fully saturated rings. The lowest BCUT2D eigenvalue weighted by molar-refractivity contribution is 0.102. The first kappa shape index (κ1) is 15.9. The Morgan fingerprint density at radius 3 is 2.80 bits per heavy atom. The molecule has 0 radical (unpaired) electrons. The van der Waals surface area contributed by atoms with Crippen molar-refractivity contribution >= 4 is 23.6 Å². The van der Waals surface area contributed by atoms with E-state index in [2.05, 4.69) is 22.3 Å². The number of aromatic amines is 1. The Hall–Kier alpha value is -2.59. The molecule has 1 aromatic heterocycles. The summed E-state index contributed by atoms with van der Waals surface area (Å²) in [5.41, 5.74) is 5.82. The zero-order valence-corrected chi connectivity index (χ0v) is 14.8. The maximum absolute atomic E-state index is 12.9. The summed E-state index contributed by atoms with van der Waals surface area (Å²) in [6.07, 6.45) is 9.32. The molecule has 0 atom stereocenters. The number of thioether (sulfide) groups is 1. The summed E-state index contributed by atoms with van der Waals surface area (Å²) in [4.78, 5) is 21.5. The van der Waals surface area contributed by atoms with Crippen molar-refractivity contribution < 1.29 is 4.79 Å². The lowest BCUT2D eigenvalue weighted by atomic mass is 9.85.